The van der Waals surface area contributed by atoms with E-state index in [1.807, 2.05) is 0 Å². The lowest BCUT2D eigenvalue weighted by Crippen LogP contribution is -2.19. The van der Waals surface area contributed by atoms with Crippen LogP contribution in [-0.4, -0.2) is 25.5 Å². The molecule has 0 aromatic heterocycles. The maximum atomic E-state index is 13.6. The number of ketones is 1. The number of carbonyl (C=O) groups is 2. The number of rotatable bonds is 4. The SMILES string of the molecule is CCOC(=O)C(=O)c1cc(C)c(OC)cc1F. The van der Waals surface area contributed by atoms with Gasteiger partial charge in [0.25, 0.3) is 5.78 Å². The molecule has 0 saturated heterocycles. The summed E-state index contributed by atoms with van der Waals surface area (Å²) >= 11 is 0. The minimum Gasteiger partial charge on any atom is -0.496 e. The molecule has 5 heteroatoms. The zero-order valence-electron chi connectivity index (χ0n) is 9.87. The number of carbonyl (C=O) groups excluding carboxylic acids is 2. The first-order valence-corrected chi connectivity index (χ1v) is 5.06. The molecule has 0 heterocycles. The van der Waals surface area contributed by atoms with Crippen molar-refractivity contribution in [2.24, 2.45) is 0 Å². The van der Waals surface area contributed by atoms with Gasteiger partial charge in [-0.05, 0) is 25.5 Å². The van der Waals surface area contributed by atoms with E-state index in [0.29, 0.717) is 11.3 Å². The summed E-state index contributed by atoms with van der Waals surface area (Å²) in [7, 11) is 1.40. The Balaban J connectivity index is 3.11. The largest absolute Gasteiger partial charge is 0.496 e. The molecule has 0 N–H and O–H groups in total. The minimum atomic E-state index is -1.06. The summed E-state index contributed by atoms with van der Waals surface area (Å²) < 4.78 is 23.0. The van der Waals surface area contributed by atoms with Crippen LogP contribution in [0, 0.1) is 12.7 Å². The third-order valence-electron chi connectivity index (χ3n) is 2.19. The fourth-order valence-corrected chi connectivity index (χ4v) is 1.36. The van der Waals surface area contributed by atoms with Crippen LogP contribution in [0.2, 0.25) is 0 Å². The molecule has 1 aromatic carbocycles. The van der Waals surface area contributed by atoms with Gasteiger partial charge in [-0.3, -0.25) is 4.79 Å². The predicted molar refractivity (Wildman–Crippen MR) is 58.7 cm³/mol. The second-order valence-corrected chi connectivity index (χ2v) is 3.35. The van der Waals surface area contributed by atoms with Crippen LogP contribution in [-0.2, 0) is 9.53 Å². The van der Waals surface area contributed by atoms with Crippen molar-refractivity contribution in [2.45, 2.75) is 13.8 Å². The van der Waals surface area contributed by atoms with Gasteiger partial charge in [-0.1, -0.05) is 0 Å². The van der Waals surface area contributed by atoms with E-state index in [1.54, 1.807) is 13.8 Å². The first-order valence-electron chi connectivity index (χ1n) is 5.06. The Hall–Kier alpha value is -1.91. The molecule has 0 bridgehead atoms. The van der Waals surface area contributed by atoms with Crippen LogP contribution in [0.15, 0.2) is 12.1 Å². The zero-order valence-corrected chi connectivity index (χ0v) is 9.87. The van der Waals surface area contributed by atoms with Gasteiger partial charge in [0.05, 0.1) is 19.3 Å². The van der Waals surface area contributed by atoms with Gasteiger partial charge in [-0.15, -0.1) is 0 Å². The van der Waals surface area contributed by atoms with Gasteiger partial charge in [0.2, 0.25) is 0 Å². The maximum Gasteiger partial charge on any atom is 0.379 e. The summed E-state index contributed by atoms with van der Waals surface area (Å²) in [6.07, 6.45) is 0. The number of aryl methyl sites for hydroxylation is 1. The van der Waals surface area contributed by atoms with E-state index in [1.165, 1.54) is 13.2 Å². The quantitative estimate of drug-likeness (QED) is 0.458. The topological polar surface area (TPSA) is 52.6 Å². The average molecular weight is 240 g/mol. The van der Waals surface area contributed by atoms with Gasteiger partial charge in [-0.2, -0.15) is 0 Å². The Labute approximate surface area is 98.3 Å². The molecule has 17 heavy (non-hydrogen) atoms. The van der Waals surface area contributed by atoms with Crippen LogP contribution in [0.1, 0.15) is 22.8 Å². The molecule has 0 spiro atoms. The molecule has 0 amide bonds. The van der Waals surface area contributed by atoms with Gasteiger partial charge in [0, 0.05) is 6.07 Å². The van der Waals surface area contributed by atoms with Crippen molar-refractivity contribution in [1.29, 1.82) is 0 Å². The first kappa shape index (κ1) is 13.2. The summed E-state index contributed by atoms with van der Waals surface area (Å²) in [6.45, 7) is 3.29. The van der Waals surface area contributed by atoms with Crippen LogP contribution in [0.4, 0.5) is 4.39 Å². The fraction of sp³-hybridized carbons (Fsp3) is 0.333. The molecular formula is C12H13FO4. The molecule has 1 rings (SSSR count). The third kappa shape index (κ3) is 2.81. The Morgan fingerprint density at radius 2 is 2.00 bits per heavy atom. The fourth-order valence-electron chi connectivity index (χ4n) is 1.36. The van der Waals surface area contributed by atoms with Gasteiger partial charge in [0.15, 0.2) is 0 Å². The van der Waals surface area contributed by atoms with E-state index in [-0.39, 0.29) is 12.2 Å². The van der Waals surface area contributed by atoms with Crippen molar-refractivity contribution >= 4 is 11.8 Å². The number of Topliss-reactive ketones (excluding diaryl/α,β-unsaturated/α-hetero) is 1. The highest BCUT2D eigenvalue weighted by Crippen LogP contribution is 2.22. The van der Waals surface area contributed by atoms with E-state index < -0.39 is 17.6 Å². The molecule has 4 nitrogen and oxygen atoms in total. The van der Waals surface area contributed by atoms with Crippen LogP contribution >= 0.6 is 0 Å². The summed E-state index contributed by atoms with van der Waals surface area (Å²) in [4.78, 5) is 22.7. The molecule has 0 aliphatic heterocycles. The predicted octanol–water partition coefficient (Wildman–Crippen LogP) is 1.89. The third-order valence-corrected chi connectivity index (χ3v) is 2.19. The summed E-state index contributed by atoms with van der Waals surface area (Å²) in [6, 6.07) is 2.34. The van der Waals surface area contributed by atoms with E-state index in [9.17, 15) is 14.0 Å². The zero-order chi connectivity index (χ0) is 13.0. The number of benzene rings is 1. The standard InChI is InChI=1S/C12H13FO4/c1-4-17-12(15)11(14)8-5-7(2)10(16-3)6-9(8)13/h5-6H,4H2,1-3H3. The molecule has 0 saturated carbocycles. The molecule has 0 radical (unpaired) electrons. The second kappa shape index (κ2) is 5.43. The van der Waals surface area contributed by atoms with E-state index in [4.69, 9.17) is 4.74 Å². The van der Waals surface area contributed by atoms with Crippen molar-refractivity contribution in [3.05, 3.63) is 29.1 Å². The summed E-state index contributed by atoms with van der Waals surface area (Å²) in [5.74, 6) is -2.53. The number of ether oxygens (including phenoxy) is 2. The Morgan fingerprint density at radius 3 is 2.53 bits per heavy atom. The van der Waals surface area contributed by atoms with Gasteiger partial charge >= 0.3 is 5.97 Å². The molecule has 0 fully saturated rings. The molecule has 92 valence electrons. The Morgan fingerprint density at radius 1 is 1.35 bits per heavy atom. The summed E-state index contributed by atoms with van der Waals surface area (Å²) in [5, 5.41) is 0. The minimum absolute atomic E-state index is 0.0708. The maximum absolute atomic E-state index is 13.6. The number of hydrogen-bond donors (Lipinski definition) is 0. The molecule has 0 aliphatic rings. The lowest BCUT2D eigenvalue weighted by atomic mass is 10.1. The molecule has 0 atom stereocenters. The van der Waals surface area contributed by atoms with Crippen molar-refractivity contribution in [3.8, 4) is 5.75 Å². The van der Waals surface area contributed by atoms with Crippen LogP contribution < -0.4 is 4.74 Å². The highest BCUT2D eigenvalue weighted by Gasteiger charge is 2.22. The lowest BCUT2D eigenvalue weighted by Gasteiger charge is -2.08. The second-order valence-electron chi connectivity index (χ2n) is 3.35. The molecular weight excluding hydrogens is 227 g/mol. The Bertz CT molecular complexity index is 454. The van der Waals surface area contributed by atoms with Gasteiger partial charge in [-0.25, -0.2) is 9.18 Å². The number of halogens is 1. The summed E-state index contributed by atoms with van der Waals surface area (Å²) in [5.41, 5.74) is 0.267. The number of hydrogen-bond acceptors (Lipinski definition) is 4. The molecule has 0 aliphatic carbocycles. The van der Waals surface area contributed by atoms with E-state index >= 15 is 0 Å². The van der Waals surface area contributed by atoms with Crippen LogP contribution in [0.25, 0.3) is 0 Å². The number of esters is 1. The van der Waals surface area contributed by atoms with Crippen molar-refractivity contribution in [1.82, 2.24) is 0 Å². The van der Waals surface area contributed by atoms with Crippen molar-refractivity contribution in [3.63, 3.8) is 0 Å². The monoisotopic (exact) mass is 240 g/mol. The van der Waals surface area contributed by atoms with E-state index in [2.05, 4.69) is 4.74 Å². The normalized spacial score (nSPS) is 9.88. The van der Waals surface area contributed by atoms with E-state index in [0.717, 1.165) is 6.07 Å². The highest BCUT2D eigenvalue weighted by molar-refractivity contribution is 6.40. The van der Waals surface area contributed by atoms with Crippen molar-refractivity contribution in [2.75, 3.05) is 13.7 Å². The lowest BCUT2D eigenvalue weighted by molar-refractivity contribution is -0.137. The molecule has 0 unspecified atom stereocenters. The molecule has 1 aromatic rings. The van der Waals surface area contributed by atoms with Gasteiger partial charge in [0.1, 0.15) is 11.6 Å². The van der Waals surface area contributed by atoms with Crippen LogP contribution in [0.5, 0.6) is 5.75 Å². The Kier molecular flexibility index (Phi) is 4.20. The van der Waals surface area contributed by atoms with Crippen molar-refractivity contribution < 1.29 is 23.5 Å². The van der Waals surface area contributed by atoms with Crippen LogP contribution in [0.3, 0.4) is 0 Å². The number of methoxy groups -OCH3 is 1. The van der Waals surface area contributed by atoms with Gasteiger partial charge < -0.3 is 9.47 Å². The highest BCUT2D eigenvalue weighted by atomic mass is 19.1. The first-order chi connectivity index (χ1) is 8.01. The smallest absolute Gasteiger partial charge is 0.379 e. The average Bonchev–Trinajstić information content (AvgIpc) is 2.31.